The van der Waals surface area contributed by atoms with Gasteiger partial charge >= 0.3 is 0 Å². The third kappa shape index (κ3) is 2.21. The number of amidine groups is 1. The fourth-order valence-corrected chi connectivity index (χ4v) is 7.81. The Morgan fingerprint density at radius 1 is 1.19 bits per heavy atom. The summed E-state index contributed by atoms with van der Waals surface area (Å²) in [6.45, 7) is 0. The number of hydrogen-bond donors (Lipinski definition) is 2. The van der Waals surface area contributed by atoms with Crippen LogP contribution in [-0.2, 0) is 0 Å². The van der Waals surface area contributed by atoms with Crippen LogP contribution in [0, 0.1) is 17.8 Å². The molecule has 0 amide bonds. The van der Waals surface area contributed by atoms with Gasteiger partial charge in [-0.1, -0.05) is 22.4 Å². The molecule has 2 aliphatic heterocycles. The molecule has 0 spiro atoms. The standard InChI is InChI=1S/C16H25BrN2OS/c17-10-4-5-13-12(8-10)16(20,15(18)19-13)11-3-1-2-9-6-7-21-14(9)11/h9-14,20H,1-8H2,(H2,18,19). The third-order valence-electron chi connectivity index (χ3n) is 6.35. The SMILES string of the molecule is NC1=NC2CCC(Br)CC2C1(O)C1CCCC2CCSC21. The van der Waals surface area contributed by atoms with Gasteiger partial charge in [-0.05, 0) is 50.2 Å². The molecule has 2 heterocycles. The Morgan fingerprint density at radius 2 is 2.05 bits per heavy atom. The van der Waals surface area contributed by atoms with Gasteiger partial charge in [0.2, 0.25) is 0 Å². The predicted molar refractivity (Wildman–Crippen MR) is 92.1 cm³/mol. The summed E-state index contributed by atoms with van der Waals surface area (Å²) in [4.78, 5) is 5.22. The number of aliphatic hydroxyl groups is 1. The highest BCUT2D eigenvalue weighted by Crippen LogP contribution is 2.54. The summed E-state index contributed by atoms with van der Waals surface area (Å²) >= 11 is 5.85. The van der Waals surface area contributed by atoms with Gasteiger partial charge in [0.15, 0.2) is 0 Å². The Labute approximate surface area is 139 Å². The number of aliphatic imine (C=N–C) groups is 1. The zero-order valence-electron chi connectivity index (χ0n) is 12.4. The van der Waals surface area contributed by atoms with Gasteiger partial charge in [-0.25, -0.2) is 0 Å². The molecule has 4 aliphatic rings. The minimum Gasteiger partial charge on any atom is -0.385 e. The van der Waals surface area contributed by atoms with E-state index < -0.39 is 5.60 Å². The molecule has 0 radical (unpaired) electrons. The van der Waals surface area contributed by atoms with Crippen molar-refractivity contribution in [1.82, 2.24) is 0 Å². The lowest BCUT2D eigenvalue weighted by atomic mass is 9.64. The molecule has 2 saturated carbocycles. The van der Waals surface area contributed by atoms with Crippen molar-refractivity contribution in [3.63, 3.8) is 0 Å². The van der Waals surface area contributed by atoms with E-state index in [0.717, 1.165) is 31.6 Å². The van der Waals surface area contributed by atoms with E-state index in [2.05, 4.69) is 27.7 Å². The average Bonchev–Trinajstić information content (AvgIpc) is 3.04. The highest BCUT2D eigenvalue weighted by Gasteiger charge is 2.59. The van der Waals surface area contributed by atoms with Crippen molar-refractivity contribution in [1.29, 1.82) is 0 Å². The van der Waals surface area contributed by atoms with E-state index in [-0.39, 0.29) is 12.0 Å². The Kier molecular flexibility index (Phi) is 3.82. The van der Waals surface area contributed by atoms with E-state index in [1.165, 1.54) is 25.0 Å². The number of thioether (sulfide) groups is 1. The topological polar surface area (TPSA) is 58.6 Å². The van der Waals surface area contributed by atoms with Gasteiger partial charge in [0.05, 0.1) is 6.04 Å². The van der Waals surface area contributed by atoms with Crippen molar-refractivity contribution in [2.75, 3.05) is 5.75 Å². The van der Waals surface area contributed by atoms with Crippen LogP contribution in [0.1, 0.15) is 44.9 Å². The van der Waals surface area contributed by atoms with Crippen molar-refractivity contribution in [3.8, 4) is 0 Å². The first-order chi connectivity index (χ1) is 10.1. The molecule has 7 unspecified atom stereocenters. The predicted octanol–water partition coefficient (Wildman–Crippen LogP) is 2.94. The second-order valence-electron chi connectivity index (χ2n) is 7.35. The third-order valence-corrected chi connectivity index (χ3v) is 8.75. The van der Waals surface area contributed by atoms with E-state index in [4.69, 9.17) is 10.7 Å². The van der Waals surface area contributed by atoms with Crippen molar-refractivity contribution < 1.29 is 5.11 Å². The molecule has 4 rings (SSSR count). The minimum absolute atomic E-state index is 0.237. The lowest BCUT2D eigenvalue weighted by Gasteiger charge is -2.47. The Bertz CT molecular complexity index is 460. The summed E-state index contributed by atoms with van der Waals surface area (Å²) < 4.78 is 0. The highest BCUT2D eigenvalue weighted by atomic mass is 79.9. The first-order valence-corrected chi connectivity index (χ1v) is 10.4. The molecule has 21 heavy (non-hydrogen) atoms. The molecule has 3 fully saturated rings. The van der Waals surface area contributed by atoms with Gasteiger partial charge in [0, 0.05) is 21.9 Å². The minimum atomic E-state index is -0.836. The van der Waals surface area contributed by atoms with Crippen LogP contribution < -0.4 is 5.73 Å². The van der Waals surface area contributed by atoms with E-state index in [0.29, 0.717) is 21.8 Å². The summed E-state index contributed by atoms with van der Waals surface area (Å²) in [5.74, 6) is 3.17. The Balaban J connectivity index is 1.66. The van der Waals surface area contributed by atoms with E-state index in [9.17, 15) is 5.11 Å². The first-order valence-electron chi connectivity index (χ1n) is 8.42. The number of rotatable bonds is 1. The number of nitrogens with two attached hydrogens (primary N) is 1. The second-order valence-corrected chi connectivity index (χ2v) is 9.93. The van der Waals surface area contributed by atoms with Gasteiger partial charge in [0.1, 0.15) is 11.4 Å². The maximum atomic E-state index is 11.7. The Morgan fingerprint density at radius 3 is 2.90 bits per heavy atom. The van der Waals surface area contributed by atoms with E-state index in [1.807, 2.05) is 0 Å². The van der Waals surface area contributed by atoms with Crippen molar-refractivity contribution >= 4 is 33.5 Å². The number of nitrogens with zero attached hydrogens (tertiary/aromatic N) is 1. The normalized spacial score (nSPS) is 53.1. The molecule has 0 bridgehead atoms. The molecule has 0 aromatic carbocycles. The van der Waals surface area contributed by atoms with Crippen LogP contribution in [0.3, 0.4) is 0 Å². The van der Waals surface area contributed by atoms with Crippen molar-refractivity contribution in [2.45, 2.75) is 66.7 Å². The Hall–Kier alpha value is 0.260. The molecular weight excluding hydrogens is 348 g/mol. The van der Waals surface area contributed by atoms with Crippen LogP contribution in [-0.4, -0.2) is 38.4 Å². The molecular formula is C16H25BrN2OS. The van der Waals surface area contributed by atoms with Gasteiger partial charge in [0.25, 0.3) is 0 Å². The van der Waals surface area contributed by atoms with E-state index in [1.54, 1.807) is 0 Å². The van der Waals surface area contributed by atoms with Crippen LogP contribution in [0.2, 0.25) is 0 Å². The van der Waals surface area contributed by atoms with Gasteiger partial charge < -0.3 is 10.8 Å². The molecule has 0 aromatic rings. The molecule has 0 aromatic heterocycles. The monoisotopic (exact) mass is 372 g/mol. The quantitative estimate of drug-likeness (QED) is 0.695. The number of hydrogen-bond acceptors (Lipinski definition) is 4. The van der Waals surface area contributed by atoms with Gasteiger partial charge in [-0.15, -0.1) is 0 Å². The smallest absolute Gasteiger partial charge is 0.130 e. The molecule has 1 saturated heterocycles. The van der Waals surface area contributed by atoms with Crippen LogP contribution in [0.5, 0.6) is 0 Å². The fourth-order valence-electron chi connectivity index (χ4n) is 5.31. The molecule has 3 N–H and O–H groups in total. The van der Waals surface area contributed by atoms with Crippen LogP contribution in [0.15, 0.2) is 4.99 Å². The van der Waals surface area contributed by atoms with Crippen LogP contribution in [0.25, 0.3) is 0 Å². The summed E-state index contributed by atoms with van der Waals surface area (Å²) in [7, 11) is 0. The van der Waals surface area contributed by atoms with Crippen molar-refractivity contribution in [3.05, 3.63) is 0 Å². The molecule has 5 heteroatoms. The first kappa shape index (κ1) is 14.8. The van der Waals surface area contributed by atoms with Gasteiger partial charge in [-0.2, -0.15) is 11.8 Å². The zero-order chi connectivity index (χ0) is 14.6. The lowest BCUT2D eigenvalue weighted by Crippen LogP contribution is -2.58. The average molecular weight is 373 g/mol. The largest absolute Gasteiger partial charge is 0.385 e. The maximum Gasteiger partial charge on any atom is 0.130 e. The molecule has 2 aliphatic carbocycles. The van der Waals surface area contributed by atoms with Crippen LogP contribution in [0.4, 0.5) is 0 Å². The summed E-state index contributed by atoms with van der Waals surface area (Å²) in [5.41, 5.74) is 5.47. The lowest BCUT2D eigenvalue weighted by molar-refractivity contribution is -0.0319. The second kappa shape index (κ2) is 5.41. The van der Waals surface area contributed by atoms with Gasteiger partial charge in [-0.3, -0.25) is 4.99 Å². The summed E-state index contributed by atoms with van der Waals surface area (Å²) in [6.07, 6.45) is 8.28. The fraction of sp³-hybridized carbons (Fsp3) is 0.938. The molecule has 118 valence electrons. The van der Waals surface area contributed by atoms with E-state index >= 15 is 0 Å². The zero-order valence-corrected chi connectivity index (χ0v) is 14.8. The highest BCUT2D eigenvalue weighted by molar-refractivity contribution is 9.09. The molecule has 3 nitrogen and oxygen atoms in total. The molecule has 7 atom stereocenters. The van der Waals surface area contributed by atoms with Crippen molar-refractivity contribution in [2.24, 2.45) is 28.5 Å². The summed E-state index contributed by atoms with van der Waals surface area (Å²) in [5, 5.41) is 12.3. The maximum absolute atomic E-state index is 11.7. The number of fused-ring (bicyclic) bond motifs is 2. The number of alkyl halides is 1. The number of halogens is 1. The van der Waals surface area contributed by atoms with Crippen LogP contribution >= 0.6 is 27.7 Å². The summed E-state index contributed by atoms with van der Waals surface area (Å²) in [6, 6.07) is 0.260.